The third-order valence-corrected chi connectivity index (χ3v) is 5.72. The van der Waals surface area contributed by atoms with Crippen LogP contribution in [-0.2, 0) is 10.0 Å². The summed E-state index contributed by atoms with van der Waals surface area (Å²) >= 11 is 0. The highest BCUT2D eigenvalue weighted by atomic mass is 32.2. The quantitative estimate of drug-likeness (QED) is 0.832. The third-order valence-electron chi connectivity index (χ3n) is 4.06. The monoisotopic (exact) mass is 367 g/mol. The van der Waals surface area contributed by atoms with Crippen LogP contribution in [-0.4, -0.2) is 62.9 Å². The Balaban J connectivity index is 2.07. The summed E-state index contributed by atoms with van der Waals surface area (Å²) < 4.78 is 27.1. The van der Waals surface area contributed by atoms with Gasteiger partial charge in [-0.25, -0.2) is 13.1 Å². The molecule has 1 saturated heterocycles. The average molecular weight is 368 g/mol. The standard InChI is InChI=1S/C18H29N3O3S/c1-14(2)13-20-8-10-21(11-9-20)18(22)16-6-5-7-17(12-16)25(23,24)19-15(3)4/h5-7,12,14-15,19H,8-11,13H2,1-4H3. The molecule has 1 heterocycles. The van der Waals surface area contributed by atoms with Gasteiger partial charge >= 0.3 is 0 Å². The molecular weight excluding hydrogens is 338 g/mol. The molecule has 0 saturated carbocycles. The van der Waals surface area contributed by atoms with Gasteiger partial charge < -0.3 is 4.90 Å². The molecule has 0 spiro atoms. The largest absolute Gasteiger partial charge is 0.336 e. The summed E-state index contributed by atoms with van der Waals surface area (Å²) in [4.78, 5) is 17.0. The first-order valence-electron chi connectivity index (χ1n) is 8.83. The van der Waals surface area contributed by atoms with Gasteiger partial charge in [-0.1, -0.05) is 19.9 Å². The highest BCUT2D eigenvalue weighted by molar-refractivity contribution is 7.89. The Morgan fingerprint density at radius 1 is 1.12 bits per heavy atom. The molecular formula is C18H29N3O3S. The molecule has 1 aliphatic heterocycles. The van der Waals surface area contributed by atoms with Crippen LogP contribution in [0.15, 0.2) is 29.2 Å². The van der Waals surface area contributed by atoms with Gasteiger partial charge in [0.15, 0.2) is 0 Å². The molecule has 0 bridgehead atoms. The maximum atomic E-state index is 12.7. The molecule has 140 valence electrons. The van der Waals surface area contributed by atoms with Crippen LogP contribution >= 0.6 is 0 Å². The van der Waals surface area contributed by atoms with Crippen molar-refractivity contribution < 1.29 is 13.2 Å². The molecule has 1 aromatic carbocycles. The fourth-order valence-electron chi connectivity index (χ4n) is 3.01. The number of piperazine rings is 1. The first-order valence-corrected chi connectivity index (χ1v) is 10.3. The Morgan fingerprint density at radius 2 is 1.76 bits per heavy atom. The van der Waals surface area contributed by atoms with E-state index in [1.54, 1.807) is 30.9 Å². The van der Waals surface area contributed by atoms with E-state index in [1.807, 2.05) is 0 Å². The van der Waals surface area contributed by atoms with E-state index in [0.717, 1.165) is 19.6 Å². The van der Waals surface area contributed by atoms with Crippen molar-refractivity contribution in [2.45, 2.75) is 38.6 Å². The number of nitrogens with zero attached hydrogens (tertiary/aromatic N) is 2. The Labute approximate surface area is 151 Å². The predicted octanol–water partition coefficient (Wildman–Crippen LogP) is 1.79. The van der Waals surface area contributed by atoms with Crippen LogP contribution in [0.3, 0.4) is 0 Å². The number of hydrogen-bond acceptors (Lipinski definition) is 4. The van der Waals surface area contributed by atoms with Gasteiger partial charge in [-0.05, 0) is 38.0 Å². The van der Waals surface area contributed by atoms with E-state index in [4.69, 9.17) is 0 Å². The number of hydrogen-bond donors (Lipinski definition) is 1. The van der Waals surface area contributed by atoms with Crippen LogP contribution in [0.1, 0.15) is 38.1 Å². The van der Waals surface area contributed by atoms with Crippen molar-refractivity contribution in [1.82, 2.24) is 14.5 Å². The predicted molar refractivity (Wildman–Crippen MR) is 99.1 cm³/mol. The minimum atomic E-state index is -3.60. The smallest absolute Gasteiger partial charge is 0.253 e. The molecule has 6 nitrogen and oxygen atoms in total. The maximum Gasteiger partial charge on any atom is 0.253 e. The summed E-state index contributed by atoms with van der Waals surface area (Å²) in [7, 11) is -3.60. The second-order valence-electron chi connectivity index (χ2n) is 7.29. The molecule has 0 unspecified atom stereocenters. The minimum Gasteiger partial charge on any atom is -0.336 e. The molecule has 1 aromatic rings. The maximum absolute atomic E-state index is 12.7. The van der Waals surface area contributed by atoms with E-state index >= 15 is 0 Å². The van der Waals surface area contributed by atoms with Crippen LogP contribution in [0.2, 0.25) is 0 Å². The lowest BCUT2D eigenvalue weighted by molar-refractivity contribution is 0.0623. The van der Waals surface area contributed by atoms with Gasteiger partial charge in [0.2, 0.25) is 10.0 Å². The minimum absolute atomic E-state index is 0.106. The Kier molecular flexibility index (Phi) is 6.59. The van der Waals surface area contributed by atoms with E-state index in [1.165, 1.54) is 12.1 Å². The summed E-state index contributed by atoms with van der Waals surface area (Å²) in [5.41, 5.74) is 0.420. The van der Waals surface area contributed by atoms with Crippen molar-refractivity contribution in [3.05, 3.63) is 29.8 Å². The molecule has 25 heavy (non-hydrogen) atoms. The zero-order valence-electron chi connectivity index (χ0n) is 15.5. The van der Waals surface area contributed by atoms with E-state index in [9.17, 15) is 13.2 Å². The van der Waals surface area contributed by atoms with Crippen molar-refractivity contribution in [1.29, 1.82) is 0 Å². The summed E-state index contributed by atoms with van der Waals surface area (Å²) in [5, 5.41) is 0. The van der Waals surface area contributed by atoms with Gasteiger partial charge in [-0.15, -0.1) is 0 Å². The Bertz CT molecular complexity index is 693. The van der Waals surface area contributed by atoms with E-state index in [2.05, 4.69) is 23.5 Å². The van der Waals surface area contributed by atoms with Crippen molar-refractivity contribution in [2.75, 3.05) is 32.7 Å². The number of nitrogens with one attached hydrogen (secondary N) is 1. The first kappa shape index (κ1) is 19.9. The molecule has 1 N–H and O–H groups in total. The normalized spacial score (nSPS) is 16.6. The third kappa shape index (κ3) is 5.52. The van der Waals surface area contributed by atoms with Gasteiger partial charge in [-0.2, -0.15) is 0 Å². The van der Waals surface area contributed by atoms with Crippen molar-refractivity contribution in [3.8, 4) is 0 Å². The van der Waals surface area contributed by atoms with Gasteiger partial charge in [0, 0.05) is 44.3 Å². The van der Waals surface area contributed by atoms with Crippen molar-refractivity contribution >= 4 is 15.9 Å². The lowest BCUT2D eigenvalue weighted by atomic mass is 10.1. The SMILES string of the molecule is CC(C)CN1CCN(C(=O)c2cccc(S(=O)(=O)NC(C)C)c2)CC1. The van der Waals surface area contributed by atoms with Crippen molar-refractivity contribution in [3.63, 3.8) is 0 Å². The average Bonchev–Trinajstić information content (AvgIpc) is 2.53. The first-order chi connectivity index (χ1) is 11.7. The fraction of sp³-hybridized carbons (Fsp3) is 0.611. The number of rotatable bonds is 6. The number of carbonyl (C=O) groups is 1. The molecule has 0 atom stereocenters. The highest BCUT2D eigenvalue weighted by Crippen LogP contribution is 2.15. The topological polar surface area (TPSA) is 69.7 Å². The van der Waals surface area contributed by atoms with E-state index in [-0.39, 0.29) is 16.8 Å². The second kappa shape index (κ2) is 8.29. The van der Waals surface area contributed by atoms with Gasteiger partial charge in [0.05, 0.1) is 4.90 Å². The summed E-state index contributed by atoms with van der Waals surface area (Å²) in [5.74, 6) is 0.503. The zero-order chi connectivity index (χ0) is 18.6. The van der Waals surface area contributed by atoms with Gasteiger partial charge in [0.1, 0.15) is 0 Å². The van der Waals surface area contributed by atoms with Crippen LogP contribution in [0.25, 0.3) is 0 Å². The molecule has 0 radical (unpaired) electrons. The second-order valence-corrected chi connectivity index (χ2v) is 9.00. The molecule has 7 heteroatoms. The molecule has 1 fully saturated rings. The molecule has 0 aliphatic carbocycles. The molecule has 2 rings (SSSR count). The van der Waals surface area contributed by atoms with Crippen LogP contribution in [0, 0.1) is 5.92 Å². The van der Waals surface area contributed by atoms with Crippen molar-refractivity contribution in [2.24, 2.45) is 5.92 Å². The Hall–Kier alpha value is -1.44. The van der Waals surface area contributed by atoms with Gasteiger partial charge in [0.25, 0.3) is 5.91 Å². The van der Waals surface area contributed by atoms with Crippen LogP contribution < -0.4 is 4.72 Å². The number of benzene rings is 1. The fourth-order valence-corrected chi connectivity index (χ4v) is 4.30. The summed E-state index contributed by atoms with van der Waals surface area (Å²) in [6.45, 7) is 12.0. The van der Waals surface area contributed by atoms with Crippen LogP contribution in [0.5, 0.6) is 0 Å². The Morgan fingerprint density at radius 3 is 2.32 bits per heavy atom. The highest BCUT2D eigenvalue weighted by Gasteiger charge is 2.24. The summed E-state index contributed by atoms with van der Waals surface area (Å²) in [6, 6.07) is 6.09. The molecule has 1 amide bonds. The number of carbonyl (C=O) groups excluding carboxylic acids is 1. The molecule has 1 aliphatic rings. The zero-order valence-corrected chi connectivity index (χ0v) is 16.3. The number of amides is 1. The lowest BCUT2D eigenvalue weighted by Crippen LogP contribution is -2.49. The lowest BCUT2D eigenvalue weighted by Gasteiger charge is -2.35. The van der Waals surface area contributed by atoms with E-state index in [0.29, 0.717) is 24.6 Å². The van der Waals surface area contributed by atoms with E-state index < -0.39 is 10.0 Å². The molecule has 0 aromatic heterocycles. The number of sulfonamides is 1. The summed E-state index contributed by atoms with van der Waals surface area (Å²) in [6.07, 6.45) is 0. The van der Waals surface area contributed by atoms with Gasteiger partial charge in [-0.3, -0.25) is 9.69 Å². The van der Waals surface area contributed by atoms with Crippen LogP contribution in [0.4, 0.5) is 0 Å².